The first-order chi connectivity index (χ1) is 11.8. The molecule has 6 nitrogen and oxygen atoms in total. The lowest BCUT2D eigenvalue weighted by atomic mass is 10.1. The van der Waals surface area contributed by atoms with E-state index in [1.807, 2.05) is 32.9 Å². The van der Waals surface area contributed by atoms with Gasteiger partial charge >= 0.3 is 6.09 Å². The summed E-state index contributed by atoms with van der Waals surface area (Å²) in [4.78, 5) is 24.2. The summed E-state index contributed by atoms with van der Waals surface area (Å²) in [6.07, 6.45) is 1.66. The first-order valence-corrected chi connectivity index (χ1v) is 8.64. The van der Waals surface area contributed by atoms with Crippen molar-refractivity contribution in [2.45, 2.75) is 51.9 Å². The molecule has 2 rings (SSSR count). The maximum Gasteiger partial charge on any atom is 0.407 e. The number of amides is 2. The molecular formula is C19H28N2O4. The van der Waals surface area contributed by atoms with Gasteiger partial charge in [0, 0.05) is 25.3 Å². The Balaban J connectivity index is 1.88. The summed E-state index contributed by atoms with van der Waals surface area (Å²) in [6, 6.07) is 7.25. The molecule has 1 aromatic carbocycles. The van der Waals surface area contributed by atoms with Crippen LogP contribution in [0.3, 0.4) is 0 Å². The largest absolute Gasteiger partial charge is 0.444 e. The van der Waals surface area contributed by atoms with Crippen LogP contribution in [0.15, 0.2) is 24.3 Å². The van der Waals surface area contributed by atoms with E-state index in [1.165, 1.54) is 0 Å². The minimum atomic E-state index is -0.535. The second-order valence-electron chi connectivity index (χ2n) is 7.43. The number of benzene rings is 1. The molecule has 1 saturated carbocycles. The Bertz CT molecular complexity index is 588. The molecule has 0 unspecified atom stereocenters. The number of methoxy groups -OCH3 is 1. The molecule has 25 heavy (non-hydrogen) atoms. The molecule has 0 aromatic heterocycles. The number of rotatable bonds is 7. The second-order valence-corrected chi connectivity index (χ2v) is 7.43. The fourth-order valence-electron chi connectivity index (χ4n) is 2.51. The van der Waals surface area contributed by atoms with E-state index in [0.717, 1.165) is 18.4 Å². The van der Waals surface area contributed by atoms with Gasteiger partial charge in [-0.05, 0) is 57.2 Å². The van der Waals surface area contributed by atoms with Crippen LogP contribution in [-0.2, 0) is 16.1 Å². The molecule has 6 heteroatoms. The van der Waals surface area contributed by atoms with E-state index in [2.05, 4.69) is 10.6 Å². The standard InChI is InChI=1S/C19H28N2O4/c1-19(2,3)25-18(23)20-11-16(14-9-10-14)21-17(22)15-7-5-13(6-8-15)12-24-4/h5-8,14,16H,9-12H2,1-4H3,(H,20,23)(H,21,22)/t16-/m0/s1. The summed E-state index contributed by atoms with van der Waals surface area (Å²) in [7, 11) is 1.64. The third-order valence-electron chi connectivity index (χ3n) is 3.90. The van der Waals surface area contributed by atoms with E-state index < -0.39 is 11.7 Å². The van der Waals surface area contributed by atoms with Crippen molar-refractivity contribution < 1.29 is 19.1 Å². The molecule has 1 fully saturated rings. The van der Waals surface area contributed by atoms with Gasteiger partial charge < -0.3 is 20.1 Å². The molecule has 2 N–H and O–H groups in total. The van der Waals surface area contributed by atoms with Gasteiger partial charge in [0.25, 0.3) is 5.91 Å². The lowest BCUT2D eigenvalue weighted by Gasteiger charge is -2.22. The number of hydrogen-bond donors (Lipinski definition) is 2. The molecule has 0 heterocycles. The number of nitrogens with one attached hydrogen (secondary N) is 2. The van der Waals surface area contributed by atoms with E-state index in [-0.39, 0.29) is 11.9 Å². The zero-order chi connectivity index (χ0) is 18.4. The highest BCUT2D eigenvalue weighted by atomic mass is 16.6. The molecule has 0 bridgehead atoms. The van der Waals surface area contributed by atoms with Crippen molar-refractivity contribution in [2.75, 3.05) is 13.7 Å². The smallest absolute Gasteiger partial charge is 0.407 e. The Morgan fingerprint density at radius 1 is 1.20 bits per heavy atom. The van der Waals surface area contributed by atoms with Crippen LogP contribution in [0.25, 0.3) is 0 Å². The van der Waals surface area contributed by atoms with Crippen molar-refractivity contribution in [3.8, 4) is 0 Å². The van der Waals surface area contributed by atoms with Gasteiger partial charge in [-0.1, -0.05) is 12.1 Å². The highest BCUT2D eigenvalue weighted by Crippen LogP contribution is 2.32. The molecule has 1 aliphatic carbocycles. The van der Waals surface area contributed by atoms with Gasteiger partial charge in [0.05, 0.1) is 6.61 Å². The van der Waals surface area contributed by atoms with Crippen LogP contribution >= 0.6 is 0 Å². The highest BCUT2D eigenvalue weighted by Gasteiger charge is 2.33. The van der Waals surface area contributed by atoms with Crippen LogP contribution in [0.5, 0.6) is 0 Å². The number of alkyl carbamates (subject to hydrolysis) is 1. The van der Waals surface area contributed by atoms with Crippen molar-refractivity contribution in [1.29, 1.82) is 0 Å². The average Bonchev–Trinajstić information content (AvgIpc) is 3.35. The molecular weight excluding hydrogens is 320 g/mol. The summed E-state index contributed by atoms with van der Waals surface area (Å²) in [6.45, 7) is 6.35. The molecule has 138 valence electrons. The second kappa shape index (κ2) is 8.34. The van der Waals surface area contributed by atoms with Crippen molar-refractivity contribution in [3.05, 3.63) is 35.4 Å². The van der Waals surface area contributed by atoms with E-state index in [1.54, 1.807) is 19.2 Å². The Kier molecular flexibility index (Phi) is 6.42. The van der Waals surface area contributed by atoms with Gasteiger partial charge in [0.1, 0.15) is 5.60 Å². The van der Waals surface area contributed by atoms with Crippen LogP contribution in [0.1, 0.15) is 49.5 Å². The monoisotopic (exact) mass is 348 g/mol. The number of hydrogen-bond acceptors (Lipinski definition) is 4. The summed E-state index contributed by atoms with van der Waals surface area (Å²) < 4.78 is 10.3. The predicted octanol–water partition coefficient (Wildman–Crippen LogP) is 2.87. The lowest BCUT2D eigenvalue weighted by molar-refractivity contribution is 0.0518. The molecule has 0 spiro atoms. The molecule has 1 aliphatic rings. The average molecular weight is 348 g/mol. The van der Waals surface area contributed by atoms with Gasteiger partial charge in [-0.15, -0.1) is 0 Å². The summed E-state index contributed by atoms with van der Waals surface area (Å²) >= 11 is 0. The molecule has 0 saturated heterocycles. The SMILES string of the molecule is COCc1ccc(C(=O)N[C@@H](CNC(=O)OC(C)(C)C)C2CC2)cc1. The highest BCUT2D eigenvalue weighted by molar-refractivity contribution is 5.94. The maximum atomic E-state index is 12.4. The van der Waals surface area contributed by atoms with Crippen molar-refractivity contribution >= 4 is 12.0 Å². The summed E-state index contributed by atoms with van der Waals surface area (Å²) in [5, 5.41) is 5.78. The minimum absolute atomic E-state index is 0.0846. The Morgan fingerprint density at radius 3 is 2.36 bits per heavy atom. The van der Waals surface area contributed by atoms with E-state index in [4.69, 9.17) is 9.47 Å². The van der Waals surface area contributed by atoms with Crippen molar-refractivity contribution in [1.82, 2.24) is 10.6 Å². The molecule has 0 aliphatic heterocycles. The van der Waals surface area contributed by atoms with Gasteiger partial charge in [0.15, 0.2) is 0 Å². The summed E-state index contributed by atoms with van der Waals surface area (Å²) in [5.74, 6) is 0.276. The van der Waals surface area contributed by atoms with Crippen LogP contribution in [0, 0.1) is 5.92 Å². The van der Waals surface area contributed by atoms with Crippen LogP contribution in [-0.4, -0.2) is 37.3 Å². The van der Waals surface area contributed by atoms with Gasteiger partial charge in [-0.25, -0.2) is 4.79 Å². The van der Waals surface area contributed by atoms with Crippen LogP contribution in [0.4, 0.5) is 4.79 Å². The minimum Gasteiger partial charge on any atom is -0.444 e. The fraction of sp³-hybridized carbons (Fsp3) is 0.579. The zero-order valence-corrected chi connectivity index (χ0v) is 15.4. The lowest BCUT2D eigenvalue weighted by Crippen LogP contribution is -2.46. The van der Waals surface area contributed by atoms with Crippen molar-refractivity contribution in [3.63, 3.8) is 0 Å². The Hall–Kier alpha value is -2.08. The number of carbonyl (C=O) groups is 2. The normalized spacial score (nSPS) is 15.4. The van der Waals surface area contributed by atoms with Gasteiger partial charge in [-0.3, -0.25) is 4.79 Å². The third kappa shape index (κ3) is 6.74. The van der Waals surface area contributed by atoms with E-state index in [9.17, 15) is 9.59 Å². The van der Waals surface area contributed by atoms with E-state index >= 15 is 0 Å². The molecule has 2 amide bonds. The molecule has 1 atom stereocenters. The topological polar surface area (TPSA) is 76.7 Å². The number of carbonyl (C=O) groups excluding carboxylic acids is 2. The first kappa shape index (κ1) is 19.2. The number of ether oxygens (including phenoxy) is 2. The molecule has 1 aromatic rings. The summed E-state index contributed by atoms with van der Waals surface area (Å²) in [5.41, 5.74) is 1.08. The zero-order valence-electron chi connectivity index (χ0n) is 15.4. The van der Waals surface area contributed by atoms with Gasteiger partial charge in [0.2, 0.25) is 0 Å². The maximum absolute atomic E-state index is 12.4. The third-order valence-corrected chi connectivity index (χ3v) is 3.90. The van der Waals surface area contributed by atoms with Crippen molar-refractivity contribution in [2.24, 2.45) is 5.92 Å². The fourth-order valence-corrected chi connectivity index (χ4v) is 2.51. The van der Waals surface area contributed by atoms with Crippen LogP contribution < -0.4 is 10.6 Å². The predicted molar refractivity (Wildman–Crippen MR) is 95.4 cm³/mol. The van der Waals surface area contributed by atoms with E-state index in [0.29, 0.717) is 24.6 Å². The van der Waals surface area contributed by atoms with Gasteiger partial charge in [-0.2, -0.15) is 0 Å². The molecule has 0 radical (unpaired) electrons. The quantitative estimate of drug-likeness (QED) is 0.794. The Morgan fingerprint density at radius 2 is 1.84 bits per heavy atom. The van der Waals surface area contributed by atoms with Crippen LogP contribution in [0.2, 0.25) is 0 Å². The first-order valence-electron chi connectivity index (χ1n) is 8.64. The Labute approximate surface area is 149 Å².